The molecule has 0 saturated carbocycles. The van der Waals surface area contributed by atoms with Gasteiger partial charge in [-0.05, 0) is 43.6 Å². The zero-order valence-corrected chi connectivity index (χ0v) is 13.7. The van der Waals surface area contributed by atoms with Crippen molar-refractivity contribution in [2.75, 3.05) is 13.1 Å². The lowest BCUT2D eigenvalue weighted by Crippen LogP contribution is -2.41. The Balaban J connectivity index is 1.78. The average Bonchev–Trinajstić information content (AvgIpc) is 3.14. The highest BCUT2D eigenvalue weighted by Gasteiger charge is 2.37. The quantitative estimate of drug-likeness (QED) is 0.795. The molecule has 1 aliphatic rings. The van der Waals surface area contributed by atoms with Crippen molar-refractivity contribution in [3.8, 4) is 10.6 Å². The number of benzene rings is 1. The number of piperidine rings is 1. The number of nitrogens with zero attached hydrogens (tertiary/aromatic N) is 2. The summed E-state index contributed by atoms with van der Waals surface area (Å²) in [4.78, 5) is 9.11. The maximum absolute atomic E-state index is 5.02. The number of rotatable bonds is 3. The number of thiazole rings is 1. The van der Waals surface area contributed by atoms with Crippen LogP contribution in [0.25, 0.3) is 10.6 Å². The maximum Gasteiger partial charge on any atom is 0.123 e. The van der Waals surface area contributed by atoms with Gasteiger partial charge in [-0.15, -0.1) is 11.3 Å². The molecule has 0 radical (unpaired) electrons. The van der Waals surface area contributed by atoms with Crippen molar-refractivity contribution in [2.45, 2.75) is 18.3 Å². The molecule has 3 aromatic rings. The Hall–Kier alpha value is -2.04. The minimum absolute atomic E-state index is 0.0360. The lowest BCUT2D eigenvalue weighted by atomic mass is 9.71. The van der Waals surface area contributed by atoms with E-state index in [1.807, 2.05) is 24.5 Å². The van der Waals surface area contributed by atoms with Crippen molar-refractivity contribution < 1.29 is 0 Å². The number of pyridine rings is 1. The van der Waals surface area contributed by atoms with Crippen molar-refractivity contribution in [3.63, 3.8) is 0 Å². The van der Waals surface area contributed by atoms with Crippen LogP contribution in [-0.4, -0.2) is 23.1 Å². The first-order valence-electron chi connectivity index (χ1n) is 8.01. The molecule has 23 heavy (non-hydrogen) atoms. The average molecular weight is 321 g/mol. The molecule has 0 unspecified atom stereocenters. The summed E-state index contributed by atoms with van der Waals surface area (Å²) in [6.45, 7) is 2.08. The van der Waals surface area contributed by atoms with Crippen LogP contribution in [-0.2, 0) is 5.41 Å². The van der Waals surface area contributed by atoms with E-state index >= 15 is 0 Å². The molecular weight excluding hydrogens is 302 g/mol. The van der Waals surface area contributed by atoms with Crippen molar-refractivity contribution in [1.29, 1.82) is 0 Å². The first-order chi connectivity index (χ1) is 11.4. The van der Waals surface area contributed by atoms with E-state index in [-0.39, 0.29) is 5.41 Å². The molecule has 2 aromatic heterocycles. The fourth-order valence-corrected chi connectivity index (χ4v) is 4.35. The molecule has 0 atom stereocenters. The topological polar surface area (TPSA) is 37.8 Å². The van der Waals surface area contributed by atoms with Gasteiger partial charge in [0.15, 0.2) is 0 Å². The SMILES string of the molecule is c1ccc(C2(c3csc(-c4ccncc4)n3)CCNCC2)cc1. The van der Waals surface area contributed by atoms with Gasteiger partial charge in [-0.25, -0.2) is 4.98 Å². The van der Waals surface area contributed by atoms with Gasteiger partial charge in [0.1, 0.15) is 5.01 Å². The number of hydrogen-bond acceptors (Lipinski definition) is 4. The van der Waals surface area contributed by atoms with Gasteiger partial charge in [0, 0.05) is 28.8 Å². The molecule has 4 heteroatoms. The van der Waals surface area contributed by atoms with E-state index in [9.17, 15) is 0 Å². The lowest BCUT2D eigenvalue weighted by Gasteiger charge is -2.37. The summed E-state index contributed by atoms with van der Waals surface area (Å²) in [6.07, 6.45) is 5.84. The summed E-state index contributed by atoms with van der Waals surface area (Å²) in [5.41, 5.74) is 3.78. The molecule has 0 aliphatic carbocycles. The van der Waals surface area contributed by atoms with E-state index in [1.165, 1.54) is 11.3 Å². The molecule has 1 fully saturated rings. The Morgan fingerprint density at radius 2 is 1.70 bits per heavy atom. The van der Waals surface area contributed by atoms with E-state index < -0.39 is 0 Å². The Morgan fingerprint density at radius 1 is 0.957 bits per heavy atom. The molecule has 1 aliphatic heterocycles. The van der Waals surface area contributed by atoms with E-state index in [0.717, 1.165) is 36.5 Å². The van der Waals surface area contributed by atoms with Crippen LogP contribution in [0, 0.1) is 0 Å². The monoisotopic (exact) mass is 321 g/mol. The molecule has 116 valence electrons. The lowest BCUT2D eigenvalue weighted by molar-refractivity contribution is 0.356. The van der Waals surface area contributed by atoms with Crippen LogP contribution in [0.15, 0.2) is 60.2 Å². The minimum Gasteiger partial charge on any atom is -0.317 e. The van der Waals surface area contributed by atoms with Gasteiger partial charge in [-0.1, -0.05) is 30.3 Å². The molecule has 1 N–H and O–H groups in total. The van der Waals surface area contributed by atoms with Gasteiger partial charge in [-0.2, -0.15) is 0 Å². The molecule has 3 heterocycles. The zero-order chi connectivity index (χ0) is 15.5. The van der Waals surface area contributed by atoms with E-state index in [0.29, 0.717) is 0 Å². The smallest absolute Gasteiger partial charge is 0.123 e. The van der Waals surface area contributed by atoms with Crippen LogP contribution < -0.4 is 5.32 Å². The van der Waals surface area contributed by atoms with Crippen LogP contribution >= 0.6 is 11.3 Å². The van der Waals surface area contributed by atoms with E-state index in [4.69, 9.17) is 4.98 Å². The third kappa shape index (κ3) is 2.69. The molecule has 0 spiro atoms. The first kappa shape index (κ1) is 14.5. The van der Waals surface area contributed by atoms with E-state index in [2.05, 4.69) is 46.0 Å². The number of hydrogen-bond donors (Lipinski definition) is 1. The predicted molar refractivity (Wildman–Crippen MR) is 94.7 cm³/mol. The number of aromatic nitrogens is 2. The van der Waals surface area contributed by atoms with Crippen LogP contribution in [0.3, 0.4) is 0 Å². The number of nitrogens with one attached hydrogen (secondary N) is 1. The molecule has 0 amide bonds. The van der Waals surface area contributed by atoms with Crippen molar-refractivity contribution in [2.24, 2.45) is 0 Å². The largest absolute Gasteiger partial charge is 0.317 e. The molecule has 0 bridgehead atoms. The van der Waals surface area contributed by atoms with Crippen LogP contribution in [0.4, 0.5) is 0 Å². The van der Waals surface area contributed by atoms with Crippen molar-refractivity contribution >= 4 is 11.3 Å². The van der Waals surface area contributed by atoms with Crippen molar-refractivity contribution in [3.05, 3.63) is 71.5 Å². The fraction of sp³-hybridized carbons (Fsp3) is 0.263. The van der Waals surface area contributed by atoms with Crippen LogP contribution in [0.1, 0.15) is 24.1 Å². The van der Waals surface area contributed by atoms with Crippen LogP contribution in [0.5, 0.6) is 0 Å². The fourth-order valence-electron chi connectivity index (χ4n) is 3.42. The van der Waals surface area contributed by atoms with Gasteiger partial charge < -0.3 is 5.32 Å². The van der Waals surface area contributed by atoms with Crippen molar-refractivity contribution in [1.82, 2.24) is 15.3 Å². The highest BCUT2D eigenvalue weighted by Crippen LogP contribution is 2.41. The highest BCUT2D eigenvalue weighted by molar-refractivity contribution is 7.13. The normalized spacial score (nSPS) is 17.0. The summed E-state index contributed by atoms with van der Waals surface area (Å²) in [7, 11) is 0. The Bertz CT molecular complexity index is 762. The molecule has 4 rings (SSSR count). The Labute approximate surface area is 140 Å². The Kier molecular flexibility index (Phi) is 3.93. The molecule has 1 aromatic carbocycles. The summed E-state index contributed by atoms with van der Waals surface area (Å²) < 4.78 is 0. The predicted octanol–water partition coefficient (Wildman–Crippen LogP) is 3.87. The zero-order valence-electron chi connectivity index (χ0n) is 12.9. The van der Waals surface area contributed by atoms with Gasteiger partial charge in [0.05, 0.1) is 5.69 Å². The second kappa shape index (κ2) is 6.22. The summed E-state index contributed by atoms with van der Waals surface area (Å²) >= 11 is 1.73. The summed E-state index contributed by atoms with van der Waals surface area (Å²) in [5, 5.41) is 6.81. The van der Waals surface area contributed by atoms with Crippen LogP contribution in [0.2, 0.25) is 0 Å². The van der Waals surface area contributed by atoms with E-state index in [1.54, 1.807) is 11.3 Å². The third-order valence-electron chi connectivity index (χ3n) is 4.71. The third-order valence-corrected chi connectivity index (χ3v) is 5.60. The highest BCUT2D eigenvalue weighted by atomic mass is 32.1. The molecule has 3 nitrogen and oxygen atoms in total. The van der Waals surface area contributed by atoms with Gasteiger partial charge in [0.25, 0.3) is 0 Å². The van der Waals surface area contributed by atoms with Gasteiger partial charge in [-0.3, -0.25) is 4.98 Å². The summed E-state index contributed by atoms with van der Waals surface area (Å²) in [5.74, 6) is 0. The molecule has 1 saturated heterocycles. The minimum atomic E-state index is 0.0360. The Morgan fingerprint density at radius 3 is 2.43 bits per heavy atom. The van der Waals surface area contributed by atoms with Gasteiger partial charge >= 0.3 is 0 Å². The second-order valence-electron chi connectivity index (χ2n) is 5.97. The second-order valence-corrected chi connectivity index (χ2v) is 6.83. The maximum atomic E-state index is 5.02. The standard InChI is InChI=1S/C19H19N3S/c1-2-4-16(5-3-1)19(8-12-21-13-9-19)17-14-23-18(22-17)15-6-10-20-11-7-15/h1-7,10-11,14,21H,8-9,12-13H2. The summed E-state index contributed by atoms with van der Waals surface area (Å²) in [6, 6.07) is 14.9. The first-order valence-corrected chi connectivity index (χ1v) is 8.89. The molecular formula is C19H19N3S. The van der Waals surface area contributed by atoms with Gasteiger partial charge in [0.2, 0.25) is 0 Å².